The number of nitrogens with zero attached hydrogens (tertiary/aromatic N) is 1. The fourth-order valence-electron chi connectivity index (χ4n) is 1.54. The number of carbonyl (C=O) groups is 1. The van der Waals surface area contributed by atoms with Gasteiger partial charge in [0.05, 0.1) is 5.52 Å². The van der Waals surface area contributed by atoms with Crippen LogP contribution in [0.25, 0.3) is 10.9 Å². The lowest BCUT2D eigenvalue weighted by Crippen LogP contribution is -2.01. The summed E-state index contributed by atoms with van der Waals surface area (Å²) in [6, 6.07) is 11.4. The van der Waals surface area contributed by atoms with Crippen molar-refractivity contribution in [3.8, 4) is 12.3 Å². The van der Waals surface area contributed by atoms with Crippen molar-refractivity contribution < 1.29 is 4.79 Å². The molecule has 1 heterocycles. The van der Waals surface area contributed by atoms with Gasteiger partial charge < -0.3 is 0 Å². The molecular weight excluding hydrogens is 198 g/mol. The van der Waals surface area contributed by atoms with Crippen LogP contribution >= 0.6 is 0 Å². The highest BCUT2D eigenvalue weighted by atomic mass is 16.1. The topological polar surface area (TPSA) is 30.0 Å². The Morgan fingerprint density at radius 2 is 2.06 bits per heavy atom. The summed E-state index contributed by atoms with van der Waals surface area (Å²) in [6.45, 7) is 0. The van der Waals surface area contributed by atoms with Gasteiger partial charge in [0.25, 0.3) is 0 Å². The van der Waals surface area contributed by atoms with Crippen LogP contribution in [-0.2, 0) is 0 Å². The van der Waals surface area contributed by atoms with Gasteiger partial charge in [0.1, 0.15) is 5.69 Å². The van der Waals surface area contributed by atoms with E-state index in [0.29, 0.717) is 18.5 Å². The monoisotopic (exact) mass is 209 g/mol. The summed E-state index contributed by atoms with van der Waals surface area (Å²) in [4.78, 5) is 16.0. The zero-order chi connectivity index (χ0) is 11.4. The zero-order valence-electron chi connectivity index (χ0n) is 8.81. The maximum absolute atomic E-state index is 11.7. The third-order valence-electron chi connectivity index (χ3n) is 2.38. The largest absolute Gasteiger partial charge is 0.292 e. The van der Waals surface area contributed by atoms with Crippen LogP contribution in [0.15, 0.2) is 36.4 Å². The van der Waals surface area contributed by atoms with Crippen molar-refractivity contribution >= 4 is 16.7 Å². The molecule has 0 N–H and O–H groups in total. The maximum Gasteiger partial charge on any atom is 0.182 e. The van der Waals surface area contributed by atoms with E-state index in [1.165, 1.54) is 0 Å². The van der Waals surface area contributed by atoms with Crippen molar-refractivity contribution in [1.82, 2.24) is 4.98 Å². The average Bonchev–Trinajstić information content (AvgIpc) is 2.35. The van der Waals surface area contributed by atoms with Crippen molar-refractivity contribution in [2.75, 3.05) is 0 Å². The SMILES string of the molecule is C#CCCC(=O)c1ccc2ccccc2n1. The van der Waals surface area contributed by atoms with E-state index in [1.807, 2.05) is 30.3 Å². The molecule has 0 saturated carbocycles. The lowest BCUT2D eigenvalue weighted by molar-refractivity contribution is 0.0980. The second-order valence-electron chi connectivity index (χ2n) is 3.52. The number of para-hydroxylation sites is 1. The predicted molar refractivity (Wildman–Crippen MR) is 64.1 cm³/mol. The summed E-state index contributed by atoms with van der Waals surface area (Å²) in [5.74, 6) is 2.46. The number of rotatable bonds is 3. The minimum atomic E-state index is 0.00343. The van der Waals surface area contributed by atoms with Crippen molar-refractivity contribution in [3.63, 3.8) is 0 Å². The molecule has 1 aromatic carbocycles. The lowest BCUT2D eigenvalue weighted by Gasteiger charge is -2.00. The summed E-state index contributed by atoms with van der Waals surface area (Å²) in [5.41, 5.74) is 1.34. The van der Waals surface area contributed by atoms with Gasteiger partial charge in [-0.2, -0.15) is 0 Å². The number of aromatic nitrogens is 1. The number of fused-ring (bicyclic) bond motifs is 1. The van der Waals surface area contributed by atoms with Crippen LogP contribution in [0.4, 0.5) is 0 Å². The van der Waals surface area contributed by atoms with E-state index in [9.17, 15) is 4.79 Å². The summed E-state index contributed by atoms with van der Waals surface area (Å²) < 4.78 is 0. The van der Waals surface area contributed by atoms with E-state index in [1.54, 1.807) is 6.07 Å². The number of hydrogen-bond donors (Lipinski definition) is 0. The van der Waals surface area contributed by atoms with Crippen molar-refractivity contribution in [3.05, 3.63) is 42.1 Å². The molecule has 0 saturated heterocycles. The fraction of sp³-hybridized carbons (Fsp3) is 0.143. The average molecular weight is 209 g/mol. The van der Waals surface area contributed by atoms with E-state index in [4.69, 9.17) is 6.42 Å². The molecule has 2 nitrogen and oxygen atoms in total. The second-order valence-corrected chi connectivity index (χ2v) is 3.52. The summed E-state index contributed by atoms with van der Waals surface area (Å²) in [6.07, 6.45) is 5.95. The van der Waals surface area contributed by atoms with Crippen LogP contribution in [-0.4, -0.2) is 10.8 Å². The fourth-order valence-corrected chi connectivity index (χ4v) is 1.54. The molecule has 78 valence electrons. The van der Waals surface area contributed by atoms with Gasteiger partial charge in [0.15, 0.2) is 5.78 Å². The number of hydrogen-bond acceptors (Lipinski definition) is 2. The van der Waals surface area contributed by atoms with Gasteiger partial charge in [0.2, 0.25) is 0 Å². The predicted octanol–water partition coefficient (Wildman–Crippen LogP) is 2.83. The minimum absolute atomic E-state index is 0.00343. The van der Waals surface area contributed by atoms with Crippen molar-refractivity contribution in [1.29, 1.82) is 0 Å². The van der Waals surface area contributed by atoms with Gasteiger partial charge in [-0.1, -0.05) is 24.3 Å². The molecule has 0 radical (unpaired) electrons. The van der Waals surface area contributed by atoms with Gasteiger partial charge in [0, 0.05) is 18.2 Å². The van der Waals surface area contributed by atoms with E-state index in [2.05, 4.69) is 10.9 Å². The highest BCUT2D eigenvalue weighted by Gasteiger charge is 2.06. The first-order valence-corrected chi connectivity index (χ1v) is 5.14. The highest BCUT2D eigenvalue weighted by molar-refractivity contribution is 5.96. The molecule has 0 amide bonds. The Bertz CT molecular complexity index is 566. The van der Waals surface area contributed by atoms with Crippen molar-refractivity contribution in [2.24, 2.45) is 0 Å². The molecule has 0 unspecified atom stereocenters. The Kier molecular flexibility index (Phi) is 2.98. The molecule has 0 spiro atoms. The molecule has 2 heteroatoms. The standard InChI is InChI=1S/C14H11NO/c1-2-3-8-14(16)13-10-9-11-6-4-5-7-12(11)15-13/h1,4-7,9-10H,3,8H2. The van der Waals surface area contributed by atoms with Crippen LogP contribution in [0.3, 0.4) is 0 Å². The number of ketones is 1. The van der Waals surface area contributed by atoms with Crippen molar-refractivity contribution in [2.45, 2.75) is 12.8 Å². The molecule has 0 aliphatic rings. The summed E-state index contributed by atoms with van der Waals surface area (Å²) in [5, 5.41) is 1.04. The Hall–Kier alpha value is -2.14. The summed E-state index contributed by atoms with van der Waals surface area (Å²) in [7, 11) is 0. The normalized spacial score (nSPS) is 9.94. The second kappa shape index (κ2) is 4.59. The number of pyridine rings is 1. The molecule has 0 aliphatic heterocycles. The molecule has 16 heavy (non-hydrogen) atoms. The van der Waals surface area contributed by atoms with Crippen LogP contribution in [0, 0.1) is 12.3 Å². The first kappa shape index (κ1) is 10.4. The highest BCUT2D eigenvalue weighted by Crippen LogP contribution is 2.13. The van der Waals surface area contributed by atoms with Gasteiger partial charge >= 0.3 is 0 Å². The quantitative estimate of drug-likeness (QED) is 0.574. The van der Waals surface area contributed by atoms with Crippen LogP contribution < -0.4 is 0 Å². The number of terminal acetylenes is 1. The molecule has 2 rings (SSSR count). The third-order valence-corrected chi connectivity index (χ3v) is 2.38. The van der Waals surface area contributed by atoms with E-state index < -0.39 is 0 Å². The Labute approximate surface area is 94.3 Å². The van der Waals surface area contributed by atoms with Gasteiger partial charge in [-0.25, -0.2) is 4.98 Å². The Balaban J connectivity index is 2.33. The van der Waals surface area contributed by atoms with E-state index in [-0.39, 0.29) is 5.78 Å². The smallest absolute Gasteiger partial charge is 0.182 e. The van der Waals surface area contributed by atoms with Gasteiger partial charge in [-0.15, -0.1) is 12.3 Å². The third kappa shape index (κ3) is 2.09. The molecule has 0 bridgehead atoms. The van der Waals surface area contributed by atoms with E-state index in [0.717, 1.165) is 10.9 Å². The van der Waals surface area contributed by atoms with Gasteiger partial charge in [-0.05, 0) is 12.1 Å². The maximum atomic E-state index is 11.7. The van der Waals surface area contributed by atoms with Gasteiger partial charge in [-0.3, -0.25) is 4.79 Å². The zero-order valence-corrected chi connectivity index (χ0v) is 8.81. The van der Waals surface area contributed by atoms with Crippen LogP contribution in [0.5, 0.6) is 0 Å². The lowest BCUT2D eigenvalue weighted by atomic mass is 10.1. The molecule has 0 aliphatic carbocycles. The minimum Gasteiger partial charge on any atom is -0.292 e. The molecule has 0 atom stereocenters. The molecular formula is C14H11NO. The molecule has 2 aromatic rings. The number of Topliss-reactive ketones (excluding diaryl/α,β-unsaturated/α-hetero) is 1. The number of carbonyl (C=O) groups excluding carboxylic acids is 1. The van der Waals surface area contributed by atoms with Crippen LogP contribution in [0.2, 0.25) is 0 Å². The Morgan fingerprint density at radius 3 is 2.88 bits per heavy atom. The van der Waals surface area contributed by atoms with Crippen LogP contribution in [0.1, 0.15) is 23.3 Å². The Morgan fingerprint density at radius 1 is 1.25 bits per heavy atom. The number of benzene rings is 1. The first-order chi connectivity index (χ1) is 7.81. The first-order valence-electron chi connectivity index (χ1n) is 5.14. The summed E-state index contributed by atoms with van der Waals surface area (Å²) >= 11 is 0. The molecule has 1 aromatic heterocycles. The molecule has 0 fully saturated rings. The van der Waals surface area contributed by atoms with E-state index >= 15 is 0 Å².